The Kier molecular flexibility index (Phi) is 4.58. The fraction of sp³-hybridized carbons (Fsp3) is 0.529. The molecule has 0 saturated carbocycles. The van der Waals surface area contributed by atoms with E-state index in [1.165, 1.54) is 18.2 Å². The van der Waals surface area contributed by atoms with Crippen LogP contribution in [0.1, 0.15) is 31.4 Å². The number of benzene rings is 1. The van der Waals surface area contributed by atoms with Crippen molar-refractivity contribution in [1.82, 2.24) is 0 Å². The van der Waals surface area contributed by atoms with Gasteiger partial charge in [0.2, 0.25) is 0 Å². The molecule has 0 N–H and O–H groups in total. The van der Waals surface area contributed by atoms with Crippen molar-refractivity contribution < 1.29 is 14.3 Å². The second kappa shape index (κ2) is 6.21. The molecule has 2 unspecified atom stereocenters. The molecule has 0 radical (unpaired) electrons. The second-order valence-electron chi connectivity index (χ2n) is 5.86. The highest BCUT2D eigenvalue weighted by molar-refractivity contribution is 6.00. The van der Waals surface area contributed by atoms with Crippen LogP contribution in [0.5, 0.6) is 0 Å². The first kappa shape index (κ1) is 14.8. The zero-order chi connectivity index (χ0) is 14.7. The third kappa shape index (κ3) is 2.92. The maximum Gasteiger partial charge on any atom is 0.316 e. The third-order valence-corrected chi connectivity index (χ3v) is 4.18. The Labute approximate surface area is 120 Å². The van der Waals surface area contributed by atoms with Crippen molar-refractivity contribution in [2.45, 2.75) is 33.1 Å². The summed E-state index contributed by atoms with van der Waals surface area (Å²) in [6.45, 7) is 3.80. The number of aryl methyl sites for hydroxylation is 1. The first-order valence-corrected chi connectivity index (χ1v) is 7.23. The Balaban J connectivity index is 2.16. The van der Waals surface area contributed by atoms with E-state index in [4.69, 9.17) is 4.74 Å². The first-order chi connectivity index (χ1) is 9.54. The van der Waals surface area contributed by atoms with Gasteiger partial charge in [0.05, 0.1) is 7.11 Å². The summed E-state index contributed by atoms with van der Waals surface area (Å²) in [5.74, 6) is -1.07. The van der Waals surface area contributed by atoms with Crippen molar-refractivity contribution in [2.75, 3.05) is 7.11 Å². The van der Waals surface area contributed by atoms with E-state index >= 15 is 0 Å². The van der Waals surface area contributed by atoms with Gasteiger partial charge in [0, 0.05) is 5.92 Å². The number of hydrogen-bond donors (Lipinski definition) is 0. The molecular formula is C17H22O3. The highest BCUT2D eigenvalue weighted by Gasteiger charge is 2.36. The molecule has 3 nitrogen and oxygen atoms in total. The monoisotopic (exact) mass is 274 g/mol. The molecule has 0 amide bonds. The molecule has 0 saturated heterocycles. The van der Waals surface area contributed by atoms with Crippen molar-refractivity contribution in [3.8, 4) is 0 Å². The Morgan fingerprint density at radius 1 is 1.20 bits per heavy atom. The molecule has 20 heavy (non-hydrogen) atoms. The normalized spacial score (nSPS) is 19.3. The summed E-state index contributed by atoms with van der Waals surface area (Å²) in [7, 11) is 1.35. The van der Waals surface area contributed by atoms with E-state index in [1.807, 2.05) is 26.0 Å². The van der Waals surface area contributed by atoms with Crippen LogP contribution in [-0.2, 0) is 27.2 Å². The summed E-state index contributed by atoms with van der Waals surface area (Å²) < 4.78 is 4.80. The molecule has 1 aliphatic carbocycles. The highest BCUT2D eigenvalue weighted by atomic mass is 16.5. The summed E-state index contributed by atoms with van der Waals surface area (Å²) in [6.07, 6.45) is 2.49. The van der Waals surface area contributed by atoms with Crippen LogP contribution in [0.4, 0.5) is 0 Å². The van der Waals surface area contributed by atoms with Crippen molar-refractivity contribution in [3.05, 3.63) is 35.4 Å². The summed E-state index contributed by atoms with van der Waals surface area (Å²) in [5, 5.41) is 0. The van der Waals surface area contributed by atoms with Crippen LogP contribution in [0.3, 0.4) is 0 Å². The topological polar surface area (TPSA) is 43.4 Å². The van der Waals surface area contributed by atoms with Crippen molar-refractivity contribution >= 4 is 11.8 Å². The number of carbonyl (C=O) groups is 2. The van der Waals surface area contributed by atoms with Gasteiger partial charge in [0.25, 0.3) is 0 Å². The Morgan fingerprint density at radius 3 is 2.45 bits per heavy atom. The number of carbonyl (C=O) groups excluding carboxylic acids is 2. The van der Waals surface area contributed by atoms with Crippen molar-refractivity contribution in [1.29, 1.82) is 0 Å². The van der Waals surface area contributed by atoms with Gasteiger partial charge in [0.1, 0.15) is 5.92 Å². The fourth-order valence-corrected chi connectivity index (χ4v) is 3.04. The van der Waals surface area contributed by atoms with Gasteiger partial charge in [-0.1, -0.05) is 38.1 Å². The number of ether oxygens (including phenoxy) is 1. The lowest BCUT2D eigenvalue weighted by atomic mass is 9.76. The summed E-state index contributed by atoms with van der Waals surface area (Å²) in [4.78, 5) is 24.5. The Morgan fingerprint density at radius 2 is 1.85 bits per heavy atom. The van der Waals surface area contributed by atoms with E-state index < -0.39 is 11.9 Å². The lowest BCUT2D eigenvalue weighted by Crippen LogP contribution is -2.36. The lowest BCUT2D eigenvalue weighted by molar-refractivity contribution is -0.152. The predicted molar refractivity (Wildman–Crippen MR) is 77.3 cm³/mol. The minimum absolute atomic E-state index is 0.0212. The molecule has 0 spiro atoms. The molecule has 2 atom stereocenters. The number of Topliss-reactive ketones (excluding diaryl/α,β-unsaturated/α-hetero) is 1. The number of ketones is 1. The third-order valence-electron chi connectivity index (χ3n) is 4.18. The van der Waals surface area contributed by atoms with Gasteiger partial charge in [-0.2, -0.15) is 0 Å². The molecule has 0 fully saturated rings. The second-order valence-corrected chi connectivity index (χ2v) is 5.86. The van der Waals surface area contributed by atoms with Crippen LogP contribution in [0.25, 0.3) is 0 Å². The van der Waals surface area contributed by atoms with Gasteiger partial charge < -0.3 is 4.74 Å². The molecule has 0 heterocycles. The van der Waals surface area contributed by atoms with Gasteiger partial charge in [-0.15, -0.1) is 0 Å². The zero-order valence-electron chi connectivity index (χ0n) is 12.4. The van der Waals surface area contributed by atoms with E-state index in [1.54, 1.807) is 0 Å². The minimum atomic E-state index is -0.629. The van der Waals surface area contributed by atoms with E-state index in [0.29, 0.717) is 0 Å². The van der Waals surface area contributed by atoms with Crippen LogP contribution in [-0.4, -0.2) is 18.9 Å². The molecule has 1 aliphatic rings. The average Bonchev–Trinajstić information content (AvgIpc) is 2.46. The molecule has 0 aliphatic heterocycles. The Bertz CT molecular complexity index is 505. The van der Waals surface area contributed by atoms with Gasteiger partial charge in [-0.25, -0.2) is 0 Å². The smallest absolute Gasteiger partial charge is 0.316 e. The maximum atomic E-state index is 12.6. The molecule has 0 bridgehead atoms. The van der Waals surface area contributed by atoms with E-state index in [0.717, 1.165) is 19.3 Å². The number of rotatable bonds is 4. The van der Waals surface area contributed by atoms with E-state index in [2.05, 4.69) is 12.1 Å². The Hall–Kier alpha value is -1.64. The average molecular weight is 274 g/mol. The number of hydrogen-bond acceptors (Lipinski definition) is 3. The van der Waals surface area contributed by atoms with Gasteiger partial charge in [-0.3, -0.25) is 9.59 Å². The van der Waals surface area contributed by atoms with Crippen LogP contribution >= 0.6 is 0 Å². The molecule has 2 rings (SSSR count). The minimum Gasteiger partial charge on any atom is -0.468 e. The quantitative estimate of drug-likeness (QED) is 0.626. The summed E-state index contributed by atoms with van der Waals surface area (Å²) in [5.41, 5.74) is 2.57. The van der Waals surface area contributed by atoms with Crippen LogP contribution in [0.2, 0.25) is 0 Å². The standard InChI is InChI=1S/C17H22O3/c1-11(2)15(17(19)20-3)16(18)14-9-8-12-6-4-5-7-13(12)10-14/h4-7,11,14-15H,8-10H2,1-3H3. The van der Waals surface area contributed by atoms with Crippen molar-refractivity contribution in [2.24, 2.45) is 17.8 Å². The van der Waals surface area contributed by atoms with Gasteiger partial charge >= 0.3 is 5.97 Å². The fourth-order valence-electron chi connectivity index (χ4n) is 3.04. The molecule has 0 aromatic heterocycles. The summed E-state index contributed by atoms with van der Waals surface area (Å²) in [6, 6.07) is 8.24. The maximum absolute atomic E-state index is 12.6. The number of fused-ring (bicyclic) bond motifs is 1. The number of esters is 1. The summed E-state index contributed by atoms with van der Waals surface area (Å²) >= 11 is 0. The number of methoxy groups -OCH3 is 1. The predicted octanol–water partition coefficient (Wildman–Crippen LogP) is 2.81. The molecule has 3 heteroatoms. The molecular weight excluding hydrogens is 252 g/mol. The molecule has 108 valence electrons. The van der Waals surface area contributed by atoms with Gasteiger partial charge in [-0.05, 0) is 36.3 Å². The largest absolute Gasteiger partial charge is 0.468 e. The molecule has 1 aromatic carbocycles. The van der Waals surface area contributed by atoms with Gasteiger partial charge in [0.15, 0.2) is 5.78 Å². The SMILES string of the molecule is COC(=O)C(C(=O)C1CCc2ccccc2C1)C(C)C. The molecule has 1 aromatic rings. The first-order valence-electron chi connectivity index (χ1n) is 7.23. The van der Waals surface area contributed by atoms with Crippen LogP contribution in [0.15, 0.2) is 24.3 Å². The van der Waals surface area contributed by atoms with E-state index in [-0.39, 0.29) is 17.6 Å². The van der Waals surface area contributed by atoms with Crippen molar-refractivity contribution in [3.63, 3.8) is 0 Å². The lowest BCUT2D eigenvalue weighted by Gasteiger charge is -2.27. The zero-order valence-corrected chi connectivity index (χ0v) is 12.4. The van der Waals surface area contributed by atoms with Crippen LogP contribution in [0, 0.1) is 17.8 Å². The van der Waals surface area contributed by atoms with Crippen LogP contribution < -0.4 is 0 Å². The van der Waals surface area contributed by atoms with E-state index in [9.17, 15) is 9.59 Å². The highest BCUT2D eigenvalue weighted by Crippen LogP contribution is 2.29.